The van der Waals surface area contributed by atoms with Gasteiger partial charge in [-0.25, -0.2) is 0 Å². The van der Waals surface area contributed by atoms with Gasteiger partial charge in [0.15, 0.2) is 0 Å². The van der Waals surface area contributed by atoms with Crippen LogP contribution in [0.4, 0.5) is 0 Å². The number of likely N-dealkylation sites (N-methyl/N-ethyl adjacent to an activating group) is 1. The van der Waals surface area contributed by atoms with Gasteiger partial charge in [-0.3, -0.25) is 9.78 Å². The first-order valence-corrected chi connectivity index (χ1v) is 9.56. The Morgan fingerprint density at radius 3 is 2.61 bits per heavy atom. The molecule has 0 bridgehead atoms. The van der Waals surface area contributed by atoms with Crippen LogP contribution in [0.5, 0.6) is 0 Å². The lowest BCUT2D eigenvalue weighted by molar-refractivity contribution is 0.0941. The predicted octanol–water partition coefficient (Wildman–Crippen LogP) is 4.18. The maximum atomic E-state index is 12.9. The van der Waals surface area contributed by atoms with Crippen molar-refractivity contribution in [1.82, 2.24) is 19.8 Å². The molecule has 0 saturated carbocycles. The van der Waals surface area contributed by atoms with Crippen LogP contribution in [0.1, 0.15) is 33.4 Å². The smallest absolute Gasteiger partial charge is 0.253 e. The molecule has 0 fully saturated rings. The monoisotopic (exact) mass is 396 g/mol. The van der Waals surface area contributed by atoms with Crippen molar-refractivity contribution in [3.8, 4) is 5.69 Å². The van der Waals surface area contributed by atoms with E-state index in [0.29, 0.717) is 17.1 Å². The van der Waals surface area contributed by atoms with E-state index in [0.717, 1.165) is 22.6 Å². The molecule has 2 aromatic heterocycles. The lowest BCUT2D eigenvalue weighted by Gasteiger charge is -2.26. The third-order valence-electron chi connectivity index (χ3n) is 4.92. The summed E-state index contributed by atoms with van der Waals surface area (Å²) in [4.78, 5) is 19.1. The van der Waals surface area contributed by atoms with Gasteiger partial charge in [-0.1, -0.05) is 29.8 Å². The van der Waals surface area contributed by atoms with Crippen molar-refractivity contribution in [2.24, 2.45) is 0 Å². The Labute approximate surface area is 171 Å². The molecular weight excluding hydrogens is 372 g/mol. The second kappa shape index (κ2) is 8.59. The van der Waals surface area contributed by atoms with Crippen LogP contribution in [0.25, 0.3) is 5.69 Å². The molecule has 5 nitrogen and oxygen atoms in total. The maximum absolute atomic E-state index is 12.9. The molecule has 0 spiro atoms. The van der Waals surface area contributed by atoms with Crippen molar-refractivity contribution in [1.29, 1.82) is 0 Å². The van der Waals surface area contributed by atoms with Crippen LogP contribution in [0.2, 0.25) is 5.02 Å². The molecular formula is C22H25ClN4O. The minimum absolute atomic E-state index is 0.0144. The first-order chi connectivity index (χ1) is 13.4. The lowest BCUT2D eigenvalue weighted by Crippen LogP contribution is -2.34. The van der Waals surface area contributed by atoms with Crippen LogP contribution in [-0.4, -0.2) is 41.0 Å². The topological polar surface area (TPSA) is 50.2 Å². The van der Waals surface area contributed by atoms with E-state index in [-0.39, 0.29) is 11.9 Å². The number of rotatable bonds is 6. The Morgan fingerprint density at radius 2 is 1.96 bits per heavy atom. The molecule has 0 aliphatic rings. The summed E-state index contributed by atoms with van der Waals surface area (Å²) in [7, 11) is 3.96. The SMILES string of the molecule is Cc1cc(C(=O)NCC(c2ccccc2Cl)N(C)C)c(C)n1-c1cccnc1. The van der Waals surface area contributed by atoms with Crippen LogP contribution < -0.4 is 5.32 Å². The van der Waals surface area contributed by atoms with Gasteiger partial charge in [-0.15, -0.1) is 0 Å². The Kier molecular flexibility index (Phi) is 6.17. The average Bonchev–Trinajstić information content (AvgIpc) is 2.98. The van der Waals surface area contributed by atoms with E-state index in [1.54, 1.807) is 12.4 Å². The first-order valence-electron chi connectivity index (χ1n) is 9.18. The van der Waals surface area contributed by atoms with E-state index in [9.17, 15) is 4.79 Å². The Morgan fingerprint density at radius 1 is 1.21 bits per heavy atom. The van der Waals surface area contributed by atoms with Crippen molar-refractivity contribution >= 4 is 17.5 Å². The fraction of sp³-hybridized carbons (Fsp3) is 0.273. The Hall–Kier alpha value is -2.63. The van der Waals surface area contributed by atoms with E-state index in [4.69, 9.17) is 11.6 Å². The number of nitrogens with zero attached hydrogens (tertiary/aromatic N) is 3. The fourth-order valence-corrected chi connectivity index (χ4v) is 3.74. The number of hydrogen-bond acceptors (Lipinski definition) is 3. The zero-order chi connectivity index (χ0) is 20.3. The van der Waals surface area contributed by atoms with Crippen LogP contribution in [0.15, 0.2) is 54.9 Å². The Bertz CT molecular complexity index is 966. The molecule has 0 radical (unpaired) electrons. The fourth-order valence-electron chi connectivity index (χ4n) is 3.48. The third kappa shape index (κ3) is 4.11. The van der Waals surface area contributed by atoms with Gasteiger partial charge >= 0.3 is 0 Å². The first kappa shape index (κ1) is 20.1. The van der Waals surface area contributed by atoms with Crippen molar-refractivity contribution < 1.29 is 4.79 Å². The third-order valence-corrected chi connectivity index (χ3v) is 5.27. The van der Waals surface area contributed by atoms with Gasteiger partial charge in [0.05, 0.1) is 23.5 Å². The number of pyridine rings is 1. The van der Waals surface area contributed by atoms with E-state index in [1.807, 2.05) is 75.0 Å². The van der Waals surface area contributed by atoms with Crippen molar-refractivity contribution in [3.63, 3.8) is 0 Å². The van der Waals surface area contributed by atoms with Crippen molar-refractivity contribution in [2.45, 2.75) is 19.9 Å². The number of hydrogen-bond donors (Lipinski definition) is 1. The number of benzene rings is 1. The molecule has 1 aromatic carbocycles. The molecule has 2 heterocycles. The van der Waals surface area contributed by atoms with Gasteiger partial charge in [0.1, 0.15) is 0 Å². The second-order valence-corrected chi connectivity index (χ2v) is 7.45. The molecule has 1 unspecified atom stereocenters. The Balaban J connectivity index is 1.81. The number of carbonyl (C=O) groups is 1. The van der Waals surface area contributed by atoms with Gasteiger partial charge in [0, 0.05) is 29.2 Å². The number of aromatic nitrogens is 2. The van der Waals surface area contributed by atoms with Crippen LogP contribution in [-0.2, 0) is 0 Å². The standard InChI is InChI=1S/C22H25ClN4O/c1-15-12-19(16(2)27(15)17-8-7-11-24-13-17)22(28)25-14-21(26(3)4)18-9-5-6-10-20(18)23/h5-13,21H,14H2,1-4H3,(H,25,28). The van der Waals surface area contributed by atoms with Crippen molar-refractivity contribution in [2.75, 3.05) is 20.6 Å². The molecule has 1 N–H and O–H groups in total. The summed E-state index contributed by atoms with van der Waals surface area (Å²) in [6.45, 7) is 4.40. The quantitative estimate of drug-likeness (QED) is 0.680. The number of nitrogens with one attached hydrogen (secondary N) is 1. The highest BCUT2D eigenvalue weighted by Crippen LogP contribution is 2.26. The van der Waals surface area contributed by atoms with E-state index in [1.165, 1.54) is 0 Å². The predicted molar refractivity (Wildman–Crippen MR) is 113 cm³/mol. The number of carbonyl (C=O) groups excluding carboxylic acids is 1. The molecule has 0 saturated heterocycles. The molecule has 0 aliphatic carbocycles. The zero-order valence-electron chi connectivity index (χ0n) is 16.6. The van der Waals surface area contributed by atoms with Gasteiger partial charge in [-0.05, 0) is 57.8 Å². The van der Waals surface area contributed by atoms with E-state index < -0.39 is 0 Å². The zero-order valence-corrected chi connectivity index (χ0v) is 17.4. The number of aryl methyl sites for hydroxylation is 1. The second-order valence-electron chi connectivity index (χ2n) is 7.04. The summed E-state index contributed by atoms with van der Waals surface area (Å²) in [5, 5.41) is 3.77. The number of amides is 1. The van der Waals surface area contributed by atoms with Crippen LogP contribution in [0.3, 0.4) is 0 Å². The van der Waals surface area contributed by atoms with Crippen molar-refractivity contribution in [3.05, 3.63) is 82.4 Å². The maximum Gasteiger partial charge on any atom is 0.253 e. The molecule has 1 atom stereocenters. The van der Waals surface area contributed by atoms with Gasteiger partial charge in [0.25, 0.3) is 5.91 Å². The van der Waals surface area contributed by atoms with Crippen LogP contribution in [0, 0.1) is 13.8 Å². The molecule has 6 heteroatoms. The van der Waals surface area contributed by atoms with Gasteiger partial charge < -0.3 is 14.8 Å². The van der Waals surface area contributed by atoms with Crippen LogP contribution >= 0.6 is 11.6 Å². The normalized spacial score (nSPS) is 12.2. The summed E-state index contributed by atoms with van der Waals surface area (Å²) in [6.07, 6.45) is 3.53. The lowest BCUT2D eigenvalue weighted by atomic mass is 10.1. The molecule has 3 rings (SSSR count). The molecule has 146 valence electrons. The van der Waals surface area contributed by atoms with E-state index >= 15 is 0 Å². The van der Waals surface area contributed by atoms with E-state index in [2.05, 4.69) is 15.2 Å². The highest BCUT2D eigenvalue weighted by Gasteiger charge is 2.21. The molecule has 3 aromatic rings. The number of halogens is 1. The highest BCUT2D eigenvalue weighted by molar-refractivity contribution is 6.31. The minimum atomic E-state index is -0.0952. The summed E-state index contributed by atoms with van der Waals surface area (Å²) >= 11 is 6.36. The highest BCUT2D eigenvalue weighted by atomic mass is 35.5. The minimum Gasteiger partial charge on any atom is -0.350 e. The van der Waals surface area contributed by atoms with Gasteiger partial charge in [0.2, 0.25) is 0 Å². The molecule has 1 amide bonds. The summed E-state index contributed by atoms with van der Waals surface area (Å²) in [5.41, 5.74) is 4.49. The largest absolute Gasteiger partial charge is 0.350 e. The summed E-state index contributed by atoms with van der Waals surface area (Å²) in [5.74, 6) is -0.0952. The summed E-state index contributed by atoms with van der Waals surface area (Å²) < 4.78 is 2.04. The average molecular weight is 397 g/mol. The summed E-state index contributed by atoms with van der Waals surface area (Å²) in [6, 6.07) is 13.5. The molecule has 28 heavy (non-hydrogen) atoms. The molecule has 0 aliphatic heterocycles. The van der Waals surface area contributed by atoms with Gasteiger partial charge in [-0.2, -0.15) is 0 Å².